The second-order valence-corrected chi connectivity index (χ2v) is 4.88. The van der Waals surface area contributed by atoms with E-state index >= 15 is 0 Å². The van der Waals surface area contributed by atoms with Gasteiger partial charge in [0.15, 0.2) is 0 Å². The van der Waals surface area contributed by atoms with Crippen molar-refractivity contribution in [2.45, 2.75) is 12.5 Å². The molecule has 1 unspecified atom stereocenters. The van der Waals surface area contributed by atoms with E-state index in [9.17, 15) is 4.79 Å². The number of benzene rings is 1. The number of thioether (sulfide) groups is 1. The van der Waals surface area contributed by atoms with Gasteiger partial charge in [-0.1, -0.05) is 42.5 Å². The third-order valence-corrected chi connectivity index (χ3v) is 3.14. The van der Waals surface area contributed by atoms with Crippen molar-refractivity contribution < 1.29 is 9.90 Å². The van der Waals surface area contributed by atoms with E-state index in [4.69, 9.17) is 5.11 Å². The molecule has 0 saturated heterocycles. The molecule has 0 amide bonds. The first-order valence-electron chi connectivity index (χ1n) is 5.90. The molecule has 0 aromatic heterocycles. The molecule has 0 heterocycles. The first-order valence-corrected chi connectivity index (χ1v) is 7.30. The van der Waals surface area contributed by atoms with Gasteiger partial charge in [-0.2, -0.15) is 11.8 Å². The third-order valence-electron chi connectivity index (χ3n) is 2.50. The lowest BCUT2D eigenvalue weighted by Crippen LogP contribution is -2.37. The number of carboxylic acid groups (broad SMARTS) is 1. The van der Waals surface area contributed by atoms with Gasteiger partial charge >= 0.3 is 5.97 Å². The van der Waals surface area contributed by atoms with Gasteiger partial charge in [0.05, 0.1) is 0 Å². The maximum atomic E-state index is 11.0. The van der Waals surface area contributed by atoms with Crippen molar-refractivity contribution in [3.63, 3.8) is 0 Å². The highest BCUT2D eigenvalue weighted by molar-refractivity contribution is 7.98. The lowest BCUT2D eigenvalue weighted by Gasteiger charge is -2.11. The summed E-state index contributed by atoms with van der Waals surface area (Å²) in [6.45, 7) is 0.570. The number of nitrogens with one attached hydrogen (secondary N) is 1. The molecule has 4 heteroatoms. The Hall–Kier alpha value is -1.26. The smallest absolute Gasteiger partial charge is 0.320 e. The van der Waals surface area contributed by atoms with E-state index in [1.807, 2.05) is 48.7 Å². The Morgan fingerprint density at radius 1 is 1.44 bits per heavy atom. The molecule has 1 aromatic rings. The van der Waals surface area contributed by atoms with Gasteiger partial charge in [0, 0.05) is 6.54 Å². The summed E-state index contributed by atoms with van der Waals surface area (Å²) in [6.07, 6.45) is 6.56. The summed E-state index contributed by atoms with van der Waals surface area (Å²) in [5, 5.41) is 12.0. The Labute approximate surface area is 112 Å². The summed E-state index contributed by atoms with van der Waals surface area (Å²) < 4.78 is 0. The number of hydrogen-bond acceptors (Lipinski definition) is 3. The van der Waals surface area contributed by atoms with Gasteiger partial charge in [0.1, 0.15) is 6.04 Å². The molecular weight excluding hydrogens is 246 g/mol. The monoisotopic (exact) mass is 265 g/mol. The van der Waals surface area contributed by atoms with E-state index in [1.54, 1.807) is 11.8 Å². The Balaban J connectivity index is 2.34. The number of hydrogen-bond donors (Lipinski definition) is 2. The molecule has 98 valence electrons. The van der Waals surface area contributed by atoms with Crippen LogP contribution in [-0.2, 0) is 4.79 Å². The molecule has 18 heavy (non-hydrogen) atoms. The molecule has 0 aliphatic carbocycles. The Morgan fingerprint density at radius 3 is 2.78 bits per heavy atom. The quantitative estimate of drug-likeness (QED) is 0.758. The third kappa shape index (κ3) is 5.89. The van der Waals surface area contributed by atoms with Gasteiger partial charge in [0.2, 0.25) is 0 Å². The zero-order chi connectivity index (χ0) is 13.2. The van der Waals surface area contributed by atoms with Crippen molar-refractivity contribution in [2.24, 2.45) is 0 Å². The van der Waals surface area contributed by atoms with Gasteiger partial charge in [-0.15, -0.1) is 0 Å². The standard InChI is InChI=1S/C14H19NO2S/c1-18-11-9-13(14(16)17)15-10-5-8-12-6-3-2-4-7-12/h2-8,13,15H,9-11H2,1H3,(H,16,17). The minimum Gasteiger partial charge on any atom is -0.480 e. The number of carboxylic acids is 1. The summed E-state index contributed by atoms with van der Waals surface area (Å²) in [5.74, 6) is 0.0731. The van der Waals surface area contributed by atoms with Crippen molar-refractivity contribution in [3.8, 4) is 0 Å². The molecule has 0 aliphatic rings. The van der Waals surface area contributed by atoms with Gasteiger partial charge in [-0.05, 0) is 24.0 Å². The molecule has 3 nitrogen and oxygen atoms in total. The highest BCUT2D eigenvalue weighted by atomic mass is 32.2. The van der Waals surface area contributed by atoms with Gasteiger partial charge < -0.3 is 10.4 Å². The lowest BCUT2D eigenvalue weighted by molar-refractivity contribution is -0.139. The van der Waals surface area contributed by atoms with Crippen LogP contribution in [0.25, 0.3) is 6.08 Å². The Morgan fingerprint density at radius 2 is 2.17 bits per heavy atom. The van der Waals surface area contributed by atoms with Crippen LogP contribution in [0, 0.1) is 0 Å². The molecule has 1 atom stereocenters. The molecule has 0 bridgehead atoms. The highest BCUT2D eigenvalue weighted by Gasteiger charge is 2.14. The van der Waals surface area contributed by atoms with Crippen molar-refractivity contribution in [1.29, 1.82) is 0 Å². The fourth-order valence-corrected chi connectivity index (χ4v) is 1.99. The zero-order valence-corrected chi connectivity index (χ0v) is 11.3. The molecular formula is C14H19NO2S. The van der Waals surface area contributed by atoms with E-state index in [0.717, 1.165) is 11.3 Å². The van der Waals surface area contributed by atoms with Crippen LogP contribution in [0.1, 0.15) is 12.0 Å². The van der Waals surface area contributed by atoms with Crippen LogP contribution in [0.5, 0.6) is 0 Å². The predicted molar refractivity (Wildman–Crippen MR) is 77.9 cm³/mol. The molecule has 0 radical (unpaired) electrons. The van der Waals surface area contributed by atoms with Crippen LogP contribution in [0.15, 0.2) is 36.4 Å². The average molecular weight is 265 g/mol. The van der Waals surface area contributed by atoms with Crippen LogP contribution >= 0.6 is 11.8 Å². The fourth-order valence-electron chi connectivity index (χ4n) is 1.52. The molecule has 0 fully saturated rings. The van der Waals surface area contributed by atoms with Crippen LogP contribution in [0.2, 0.25) is 0 Å². The molecule has 0 saturated carbocycles. The van der Waals surface area contributed by atoms with Crippen molar-refractivity contribution in [2.75, 3.05) is 18.6 Å². The summed E-state index contributed by atoms with van der Waals surface area (Å²) in [7, 11) is 0. The minimum atomic E-state index is -0.780. The summed E-state index contributed by atoms with van der Waals surface area (Å²) >= 11 is 1.66. The molecule has 2 N–H and O–H groups in total. The molecule has 1 aromatic carbocycles. The van der Waals surface area contributed by atoms with Crippen LogP contribution in [0.3, 0.4) is 0 Å². The molecule has 0 spiro atoms. The van der Waals surface area contributed by atoms with Gasteiger partial charge in [-0.25, -0.2) is 0 Å². The predicted octanol–water partition coefficient (Wildman–Crippen LogP) is 2.50. The summed E-state index contributed by atoms with van der Waals surface area (Å²) in [5.41, 5.74) is 1.12. The normalized spacial score (nSPS) is 12.7. The van der Waals surface area contributed by atoms with Gasteiger partial charge in [0.25, 0.3) is 0 Å². The van der Waals surface area contributed by atoms with E-state index in [2.05, 4.69) is 5.32 Å². The number of carbonyl (C=O) groups is 1. The molecule has 0 aliphatic heterocycles. The van der Waals surface area contributed by atoms with E-state index in [0.29, 0.717) is 13.0 Å². The minimum absolute atomic E-state index is 0.460. The van der Waals surface area contributed by atoms with Crippen LogP contribution < -0.4 is 5.32 Å². The van der Waals surface area contributed by atoms with E-state index in [-0.39, 0.29) is 0 Å². The SMILES string of the molecule is CSCCC(NCC=Cc1ccccc1)C(=O)O. The first kappa shape index (κ1) is 14.8. The van der Waals surface area contributed by atoms with Crippen molar-refractivity contribution in [1.82, 2.24) is 5.32 Å². The first-order chi connectivity index (χ1) is 8.74. The molecule has 1 rings (SSSR count). The van der Waals surface area contributed by atoms with Crippen molar-refractivity contribution >= 4 is 23.8 Å². The highest BCUT2D eigenvalue weighted by Crippen LogP contribution is 2.02. The second kappa shape index (κ2) is 8.78. The van der Waals surface area contributed by atoms with E-state index < -0.39 is 12.0 Å². The zero-order valence-electron chi connectivity index (χ0n) is 10.5. The van der Waals surface area contributed by atoms with Crippen molar-refractivity contribution in [3.05, 3.63) is 42.0 Å². The Bertz CT molecular complexity index is 379. The second-order valence-electron chi connectivity index (χ2n) is 3.89. The largest absolute Gasteiger partial charge is 0.480 e. The summed E-state index contributed by atoms with van der Waals surface area (Å²) in [6, 6.07) is 9.49. The average Bonchev–Trinajstić information content (AvgIpc) is 2.38. The van der Waals surface area contributed by atoms with E-state index in [1.165, 1.54) is 0 Å². The van der Waals surface area contributed by atoms with Crippen LogP contribution in [0.4, 0.5) is 0 Å². The summed E-state index contributed by atoms with van der Waals surface area (Å²) in [4.78, 5) is 11.0. The lowest BCUT2D eigenvalue weighted by atomic mass is 10.2. The topological polar surface area (TPSA) is 49.3 Å². The maximum absolute atomic E-state index is 11.0. The number of aliphatic carboxylic acids is 1. The Kier molecular flexibility index (Phi) is 7.22. The maximum Gasteiger partial charge on any atom is 0.320 e. The number of rotatable bonds is 8. The fraction of sp³-hybridized carbons (Fsp3) is 0.357. The van der Waals surface area contributed by atoms with Crippen LogP contribution in [-0.4, -0.2) is 35.7 Å². The van der Waals surface area contributed by atoms with Gasteiger partial charge in [-0.3, -0.25) is 4.79 Å².